The Kier molecular flexibility index (Phi) is 6.68. The van der Waals surface area contributed by atoms with Crippen molar-refractivity contribution in [2.45, 2.75) is 77.2 Å². The van der Waals surface area contributed by atoms with Crippen LogP contribution in [0.25, 0.3) is 0 Å². The summed E-state index contributed by atoms with van der Waals surface area (Å²) in [5, 5.41) is 4.94. The van der Waals surface area contributed by atoms with Gasteiger partial charge in [0.25, 0.3) is 0 Å². The highest BCUT2D eigenvalue weighted by Gasteiger charge is 2.83. The predicted molar refractivity (Wildman–Crippen MR) is 103 cm³/mol. The molecule has 2 saturated carbocycles. The average Bonchev–Trinajstić information content (AvgIpc) is 3.03. The van der Waals surface area contributed by atoms with Gasteiger partial charge in [-0.2, -0.15) is 0 Å². The van der Waals surface area contributed by atoms with E-state index in [4.69, 9.17) is 14.2 Å². The summed E-state index contributed by atoms with van der Waals surface area (Å²) < 4.78 is 30.5. The molecule has 2 N–H and O–H groups in total. The molecule has 0 radical (unpaired) electrons. The second kappa shape index (κ2) is 8.39. The SMILES string of the molecule is CCOC(=O)C1(NC(=O)[C@@H](C)NC(=O)OC(C)(C)C)CCC2C1C2(F)C(=O)OCC. The first-order valence-electron chi connectivity index (χ1n) is 10.2. The van der Waals surface area contributed by atoms with E-state index in [-0.39, 0.29) is 26.1 Å². The number of ether oxygens (including phenoxy) is 3. The number of fused-ring (bicyclic) bond motifs is 1. The number of alkyl halides is 1. The van der Waals surface area contributed by atoms with Crippen LogP contribution in [0.2, 0.25) is 0 Å². The van der Waals surface area contributed by atoms with Gasteiger partial charge in [0.05, 0.1) is 13.2 Å². The second-order valence-electron chi connectivity index (χ2n) is 8.66. The molecule has 2 amide bonds. The Labute approximate surface area is 175 Å². The zero-order valence-electron chi connectivity index (χ0n) is 18.3. The summed E-state index contributed by atoms with van der Waals surface area (Å²) in [6, 6.07) is -1.07. The van der Waals surface area contributed by atoms with Crippen LogP contribution in [0.15, 0.2) is 0 Å². The van der Waals surface area contributed by atoms with E-state index in [9.17, 15) is 19.2 Å². The monoisotopic (exact) mass is 430 g/mol. The average molecular weight is 430 g/mol. The number of amides is 2. The summed E-state index contributed by atoms with van der Waals surface area (Å²) >= 11 is 0. The fraction of sp³-hybridized carbons (Fsp3) is 0.800. The van der Waals surface area contributed by atoms with Gasteiger partial charge in [-0.15, -0.1) is 0 Å². The van der Waals surface area contributed by atoms with Gasteiger partial charge in [-0.25, -0.2) is 18.8 Å². The third kappa shape index (κ3) is 4.37. The maximum Gasteiger partial charge on any atom is 0.408 e. The fourth-order valence-electron chi connectivity index (χ4n) is 4.12. The lowest BCUT2D eigenvalue weighted by Crippen LogP contribution is -2.61. The Morgan fingerprint density at radius 2 is 1.67 bits per heavy atom. The third-order valence-electron chi connectivity index (χ3n) is 5.37. The van der Waals surface area contributed by atoms with Crippen molar-refractivity contribution in [3.05, 3.63) is 0 Å². The van der Waals surface area contributed by atoms with Crippen molar-refractivity contribution >= 4 is 23.9 Å². The van der Waals surface area contributed by atoms with Crippen molar-refractivity contribution in [3.63, 3.8) is 0 Å². The molecular formula is C20H31FN2O7. The number of rotatable bonds is 7. The Hall–Kier alpha value is -2.39. The van der Waals surface area contributed by atoms with Crippen LogP contribution in [-0.4, -0.2) is 60.0 Å². The van der Waals surface area contributed by atoms with Crippen LogP contribution in [0.5, 0.6) is 0 Å². The van der Waals surface area contributed by atoms with Crippen LogP contribution in [0, 0.1) is 11.8 Å². The van der Waals surface area contributed by atoms with E-state index in [0.29, 0.717) is 0 Å². The smallest absolute Gasteiger partial charge is 0.408 e. The van der Waals surface area contributed by atoms with Crippen LogP contribution >= 0.6 is 0 Å². The third-order valence-corrected chi connectivity index (χ3v) is 5.37. The standard InChI is InChI=1S/C20H31FN2O7/c1-7-28-15(25)19(10-9-12-13(19)20(12,21)16(26)29-8-2)23-14(24)11(3)22-17(27)30-18(4,5)6/h11-13H,7-10H2,1-6H3,(H,22,27)(H,23,24)/t11-,12?,13?,19?,20?/m1/s1. The molecule has 0 aliphatic heterocycles. The maximum atomic E-state index is 15.4. The van der Waals surface area contributed by atoms with Crippen molar-refractivity contribution < 1.29 is 37.8 Å². The number of hydrogen-bond acceptors (Lipinski definition) is 7. The summed E-state index contributed by atoms with van der Waals surface area (Å²) in [6.45, 7) is 9.61. The minimum atomic E-state index is -2.35. The number of carbonyl (C=O) groups is 4. The van der Waals surface area contributed by atoms with Gasteiger partial charge >= 0.3 is 18.0 Å². The molecule has 5 atom stereocenters. The lowest BCUT2D eigenvalue weighted by molar-refractivity contribution is -0.159. The minimum Gasteiger partial charge on any atom is -0.464 e. The van der Waals surface area contributed by atoms with Crippen molar-refractivity contribution in [2.75, 3.05) is 13.2 Å². The van der Waals surface area contributed by atoms with Crippen LogP contribution < -0.4 is 10.6 Å². The van der Waals surface area contributed by atoms with Gasteiger partial charge in [0.15, 0.2) is 0 Å². The Bertz CT molecular complexity index is 722. The first kappa shape index (κ1) is 23.9. The summed E-state index contributed by atoms with van der Waals surface area (Å²) in [7, 11) is 0. The Balaban J connectivity index is 2.19. The minimum absolute atomic E-state index is 0.000445. The molecule has 10 heteroatoms. The Morgan fingerprint density at radius 3 is 2.20 bits per heavy atom. The topological polar surface area (TPSA) is 120 Å². The number of esters is 2. The first-order chi connectivity index (χ1) is 13.8. The van der Waals surface area contributed by atoms with E-state index in [0.717, 1.165) is 0 Å². The van der Waals surface area contributed by atoms with Gasteiger partial charge in [-0.05, 0) is 54.4 Å². The lowest BCUT2D eigenvalue weighted by atomic mass is 9.88. The van der Waals surface area contributed by atoms with Crippen LogP contribution in [-0.2, 0) is 28.6 Å². The van der Waals surface area contributed by atoms with Crippen molar-refractivity contribution in [3.8, 4) is 0 Å². The van der Waals surface area contributed by atoms with E-state index in [1.807, 2.05) is 0 Å². The van der Waals surface area contributed by atoms with Crippen molar-refractivity contribution in [2.24, 2.45) is 11.8 Å². The molecule has 9 nitrogen and oxygen atoms in total. The molecule has 30 heavy (non-hydrogen) atoms. The fourth-order valence-corrected chi connectivity index (χ4v) is 4.12. The number of carbonyl (C=O) groups excluding carboxylic acids is 4. The lowest BCUT2D eigenvalue weighted by Gasteiger charge is -2.33. The van der Waals surface area contributed by atoms with E-state index < -0.39 is 58.6 Å². The molecule has 0 saturated heterocycles. The molecule has 2 aliphatic rings. The molecule has 0 spiro atoms. The molecular weight excluding hydrogens is 399 g/mol. The molecule has 0 aromatic heterocycles. The van der Waals surface area contributed by atoms with Gasteiger partial charge in [-0.1, -0.05) is 0 Å². The molecule has 2 fully saturated rings. The predicted octanol–water partition coefficient (Wildman–Crippen LogP) is 1.63. The molecule has 170 valence electrons. The number of nitrogens with one attached hydrogen (secondary N) is 2. The summed E-state index contributed by atoms with van der Waals surface area (Å²) in [5.41, 5.74) is -4.81. The summed E-state index contributed by atoms with van der Waals surface area (Å²) in [4.78, 5) is 49.6. The van der Waals surface area contributed by atoms with Crippen LogP contribution in [0.3, 0.4) is 0 Å². The number of halogens is 1. The highest BCUT2D eigenvalue weighted by Crippen LogP contribution is 2.67. The Morgan fingerprint density at radius 1 is 1.10 bits per heavy atom. The van der Waals surface area contributed by atoms with Gasteiger partial charge < -0.3 is 24.8 Å². The number of hydrogen-bond donors (Lipinski definition) is 2. The van der Waals surface area contributed by atoms with Crippen molar-refractivity contribution in [1.29, 1.82) is 0 Å². The van der Waals surface area contributed by atoms with E-state index >= 15 is 4.39 Å². The van der Waals surface area contributed by atoms with Crippen LogP contribution in [0.4, 0.5) is 9.18 Å². The summed E-state index contributed by atoms with van der Waals surface area (Å²) in [5.74, 6) is -4.38. The highest BCUT2D eigenvalue weighted by atomic mass is 19.1. The molecule has 0 bridgehead atoms. The van der Waals surface area contributed by atoms with Crippen LogP contribution in [0.1, 0.15) is 54.4 Å². The highest BCUT2D eigenvalue weighted by molar-refractivity contribution is 5.96. The largest absolute Gasteiger partial charge is 0.464 e. The van der Waals surface area contributed by atoms with E-state index in [1.165, 1.54) is 6.92 Å². The van der Waals surface area contributed by atoms with E-state index in [1.54, 1.807) is 34.6 Å². The molecule has 2 aliphatic carbocycles. The zero-order chi connectivity index (χ0) is 22.9. The van der Waals surface area contributed by atoms with Crippen molar-refractivity contribution in [1.82, 2.24) is 10.6 Å². The van der Waals surface area contributed by atoms with E-state index in [2.05, 4.69) is 10.6 Å². The second-order valence-corrected chi connectivity index (χ2v) is 8.66. The van der Waals surface area contributed by atoms with Gasteiger partial charge in [0.2, 0.25) is 11.6 Å². The van der Waals surface area contributed by atoms with Gasteiger partial charge in [0, 0.05) is 11.8 Å². The first-order valence-corrected chi connectivity index (χ1v) is 10.2. The zero-order valence-corrected chi connectivity index (χ0v) is 18.3. The quantitative estimate of drug-likeness (QED) is 0.465. The molecule has 0 heterocycles. The van der Waals surface area contributed by atoms with Gasteiger partial charge in [0.1, 0.15) is 17.2 Å². The summed E-state index contributed by atoms with van der Waals surface area (Å²) in [6.07, 6.45) is -0.471. The molecule has 0 aromatic rings. The molecule has 2 rings (SSSR count). The molecule has 0 aromatic carbocycles. The van der Waals surface area contributed by atoms with Gasteiger partial charge in [-0.3, -0.25) is 4.79 Å². The normalized spacial score (nSPS) is 30.5. The maximum absolute atomic E-state index is 15.4. The molecule has 4 unspecified atom stereocenters. The number of alkyl carbamates (subject to hydrolysis) is 1.